The first-order valence-corrected chi connectivity index (χ1v) is 8.38. The fourth-order valence-corrected chi connectivity index (χ4v) is 3.18. The number of benzene rings is 1. The third-order valence-corrected chi connectivity index (χ3v) is 4.43. The molecule has 0 aliphatic carbocycles. The lowest BCUT2D eigenvalue weighted by Crippen LogP contribution is -2.31. The maximum atomic E-state index is 13.3. The molecule has 0 saturated heterocycles. The summed E-state index contributed by atoms with van der Waals surface area (Å²) < 4.78 is 21.3. The van der Waals surface area contributed by atoms with Gasteiger partial charge in [-0.1, -0.05) is 12.1 Å². The highest BCUT2D eigenvalue weighted by Gasteiger charge is 2.19. The van der Waals surface area contributed by atoms with Crippen molar-refractivity contribution in [1.29, 1.82) is 0 Å². The van der Waals surface area contributed by atoms with Gasteiger partial charge in [0, 0.05) is 19.5 Å². The van der Waals surface area contributed by atoms with Gasteiger partial charge in [-0.05, 0) is 36.0 Å². The van der Waals surface area contributed by atoms with Crippen molar-refractivity contribution in [1.82, 2.24) is 19.2 Å². The van der Waals surface area contributed by atoms with Crippen LogP contribution in [0.1, 0.15) is 5.69 Å². The van der Waals surface area contributed by atoms with Crippen LogP contribution in [0.25, 0.3) is 27.7 Å². The molecular weight excluding hydrogens is 369 g/mol. The van der Waals surface area contributed by atoms with E-state index in [2.05, 4.69) is 10.1 Å². The maximum Gasteiger partial charge on any atom is 0.267 e. The number of nitrogens with two attached hydrogens (primary N) is 1. The topological polar surface area (TPSA) is 87.4 Å². The number of methoxy groups -OCH3 is 1. The zero-order chi connectivity index (χ0) is 19.1. The van der Waals surface area contributed by atoms with Gasteiger partial charge in [-0.25, -0.2) is 13.9 Å². The van der Waals surface area contributed by atoms with Crippen molar-refractivity contribution in [3.05, 3.63) is 64.6 Å². The number of nitrogens with zero attached hydrogens (tertiary/aromatic N) is 4. The van der Waals surface area contributed by atoms with Crippen LogP contribution in [0.4, 0.5) is 4.39 Å². The first-order chi connectivity index (χ1) is 13.0. The molecule has 4 rings (SSSR count). The largest absolute Gasteiger partial charge is 0.378 e. The minimum Gasteiger partial charge on any atom is -0.378 e. The summed E-state index contributed by atoms with van der Waals surface area (Å²) in [5.74, 6) is -0.333. The average molecular weight is 383 g/mol. The minimum absolute atomic E-state index is 0.0467. The summed E-state index contributed by atoms with van der Waals surface area (Å²) in [6, 6.07) is 7.75. The van der Waals surface area contributed by atoms with Gasteiger partial charge in [0.1, 0.15) is 5.82 Å². The van der Waals surface area contributed by atoms with Gasteiger partial charge in [0.05, 0.1) is 28.8 Å². The van der Waals surface area contributed by atoms with Crippen LogP contribution < -0.4 is 11.3 Å². The predicted octanol–water partition coefficient (Wildman–Crippen LogP) is 2.09. The van der Waals surface area contributed by atoms with Gasteiger partial charge in [0.15, 0.2) is 10.8 Å². The van der Waals surface area contributed by atoms with Gasteiger partial charge < -0.3 is 10.5 Å². The normalized spacial score (nSPS) is 11.3. The Morgan fingerprint density at radius 3 is 2.70 bits per heavy atom. The summed E-state index contributed by atoms with van der Waals surface area (Å²) in [7, 11) is 1.56. The first kappa shape index (κ1) is 17.3. The van der Waals surface area contributed by atoms with Crippen LogP contribution in [0.15, 0.2) is 47.5 Å². The van der Waals surface area contributed by atoms with Crippen LogP contribution in [-0.2, 0) is 11.3 Å². The molecule has 0 bridgehead atoms. The molecule has 0 fully saturated rings. The first-order valence-electron chi connectivity index (χ1n) is 7.98. The molecule has 0 saturated carbocycles. The second kappa shape index (κ2) is 6.53. The Kier molecular flexibility index (Phi) is 4.17. The van der Waals surface area contributed by atoms with Gasteiger partial charge in [0.25, 0.3) is 5.56 Å². The van der Waals surface area contributed by atoms with Gasteiger partial charge in [-0.2, -0.15) is 5.10 Å². The molecule has 7 nitrogen and oxygen atoms in total. The summed E-state index contributed by atoms with van der Waals surface area (Å²) in [5, 5.41) is 4.85. The highest BCUT2D eigenvalue weighted by atomic mass is 32.1. The zero-order valence-electron chi connectivity index (χ0n) is 14.2. The van der Waals surface area contributed by atoms with Crippen molar-refractivity contribution < 1.29 is 9.13 Å². The standard InChI is InChI=1S/C18H14FN5O2S/c1-26-9-13-15(10-2-4-11(19)5-3-10)16-21-8-12-14(24(16)22-13)6-7-23(17(12)25)18(20)27/h2-8H,9H2,1H3,(H2,20,27). The fraction of sp³-hybridized carbons (Fsp3) is 0.111. The monoisotopic (exact) mass is 383 g/mol. The lowest BCUT2D eigenvalue weighted by molar-refractivity contribution is 0.181. The van der Waals surface area contributed by atoms with Crippen molar-refractivity contribution in [3.8, 4) is 11.1 Å². The SMILES string of the molecule is COCc1nn2c(ncc3c(=O)n(C(N)=S)ccc32)c1-c1ccc(F)cc1. The van der Waals surface area contributed by atoms with E-state index >= 15 is 0 Å². The summed E-state index contributed by atoms with van der Waals surface area (Å²) in [6.07, 6.45) is 2.97. The molecule has 0 unspecified atom stereocenters. The smallest absolute Gasteiger partial charge is 0.267 e. The van der Waals surface area contributed by atoms with Gasteiger partial charge in [0.2, 0.25) is 0 Å². The van der Waals surface area contributed by atoms with Crippen LogP contribution in [-0.4, -0.2) is 31.4 Å². The van der Waals surface area contributed by atoms with E-state index in [0.29, 0.717) is 22.2 Å². The van der Waals surface area contributed by atoms with E-state index in [1.807, 2.05) is 0 Å². The molecule has 3 aromatic heterocycles. The van der Waals surface area contributed by atoms with E-state index in [-0.39, 0.29) is 23.1 Å². The third kappa shape index (κ3) is 2.77. The van der Waals surface area contributed by atoms with Crippen molar-refractivity contribution in [2.45, 2.75) is 6.61 Å². The molecule has 27 heavy (non-hydrogen) atoms. The van der Waals surface area contributed by atoms with E-state index < -0.39 is 0 Å². The molecule has 9 heteroatoms. The number of thiocarbonyl (C=S) groups is 1. The number of pyridine rings is 1. The Labute approximate surface area is 157 Å². The molecule has 0 amide bonds. The fourth-order valence-electron chi connectivity index (χ4n) is 3.04. The van der Waals surface area contributed by atoms with Crippen LogP contribution in [0.5, 0.6) is 0 Å². The summed E-state index contributed by atoms with van der Waals surface area (Å²) >= 11 is 4.89. The lowest BCUT2D eigenvalue weighted by Gasteiger charge is -2.06. The number of halogens is 1. The lowest BCUT2D eigenvalue weighted by atomic mass is 10.1. The Morgan fingerprint density at radius 1 is 1.30 bits per heavy atom. The molecule has 3 heterocycles. The van der Waals surface area contributed by atoms with Crippen molar-refractivity contribution in [2.24, 2.45) is 5.73 Å². The molecular formula is C18H14FN5O2S. The van der Waals surface area contributed by atoms with Crippen LogP contribution in [0.3, 0.4) is 0 Å². The Hall–Kier alpha value is -3.17. The third-order valence-electron chi connectivity index (χ3n) is 4.24. The minimum atomic E-state index is -0.374. The molecule has 136 valence electrons. The second-order valence-electron chi connectivity index (χ2n) is 5.88. The van der Waals surface area contributed by atoms with Gasteiger partial charge >= 0.3 is 0 Å². The van der Waals surface area contributed by atoms with Crippen LogP contribution in [0.2, 0.25) is 0 Å². The quantitative estimate of drug-likeness (QED) is 0.545. The van der Waals surface area contributed by atoms with Gasteiger partial charge in [-0.15, -0.1) is 0 Å². The van der Waals surface area contributed by atoms with E-state index in [1.165, 1.54) is 29.1 Å². The highest BCUT2D eigenvalue weighted by Crippen LogP contribution is 2.29. The second-order valence-corrected chi connectivity index (χ2v) is 6.30. The van der Waals surface area contributed by atoms with Gasteiger partial charge in [-0.3, -0.25) is 9.36 Å². The Bertz CT molecular complexity index is 1250. The number of rotatable bonds is 3. The number of hydrogen-bond donors (Lipinski definition) is 1. The summed E-state index contributed by atoms with van der Waals surface area (Å²) in [5.41, 5.74) is 8.40. The van der Waals surface area contributed by atoms with E-state index in [4.69, 9.17) is 22.7 Å². The maximum absolute atomic E-state index is 13.3. The molecule has 1 aromatic carbocycles. The summed E-state index contributed by atoms with van der Waals surface area (Å²) in [6.45, 7) is 0.238. The molecule has 2 N–H and O–H groups in total. The number of aromatic nitrogens is 4. The van der Waals surface area contributed by atoms with Crippen molar-refractivity contribution >= 4 is 33.9 Å². The average Bonchev–Trinajstić information content (AvgIpc) is 3.01. The molecule has 4 aromatic rings. The van der Waals surface area contributed by atoms with Crippen molar-refractivity contribution in [2.75, 3.05) is 7.11 Å². The van der Waals surface area contributed by atoms with Crippen LogP contribution >= 0.6 is 12.2 Å². The molecule has 0 atom stereocenters. The van der Waals surface area contributed by atoms with E-state index in [9.17, 15) is 9.18 Å². The summed E-state index contributed by atoms with van der Waals surface area (Å²) in [4.78, 5) is 17.0. The molecule has 0 radical (unpaired) electrons. The molecule has 0 aliphatic heterocycles. The predicted molar refractivity (Wildman–Crippen MR) is 103 cm³/mol. The molecule has 0 aliphatic rings. The highest BCUT2D eigenvalue weighted by molar-refractivity contribution is 7.80. The number of hydrogen-bond acceptors (Lipinski definition) is 5. The van der Waals surface area contributed by atoms with E-state index in [0.717, 1.165) is 11.1 Å². The van der Waals surface area contributed by atoms with E-state index in [1.54, 1.807) is 29.8 Å². The Morgan fingerprint density at radius 2 is 2.04 bits per heavy atom. The number of fused-ring (bicyclic) bond motifs is 3. The molecule has 0 spiro atoms. The number of ether oxygens (including phenoxy) is 1. The Balaban J connectivity index is 2.06. The van der Waals surface area contributed by atoms with Crippen LogP contribution in [0, 0.1) is 5.82 Å². The van der Waals surface area contributed by atoms with Crippen molar-refractivity contribution in [3.63, 3.8) is 0 Å². The zero-order valence-corrected chi connectivity index (χ0v) is 15.0.